The second kappa shape index (κ2) is 7.29. The van der Waals surface area contributed by atoms with Gasteiger partial charge in [0.1, 0.15) is 0 Å². The highest BCUT2D eigenvalue weighted by Gasteiger charge is 2.11. The number of nitrogens with one attached hydrogen (secondary N) is 1. The number of unbranched alkanes of at least 4 members (excludes halogenated alkanes) is 1. The van der Waals surface area contributed by atoms with Crippen LogP contribution in [0.3, 0.4) is 0 Å². The molecular formula is C10H21NO. The summed E-state index contributed by atoms with van der Waals surface area (Å²) in [4.78, 5) is 0. The summed E-state index contributed by atoms with van der Waals surface area (Å²) in [6.07, 6.45) is 5.11. The Bertz CT molecular complexity index is 123. The van der Waals surface area contributed by atoms with E-state index in [0.717, 1.165) is 37.8 Å². The van der Waals surface area contributed by atoms with Gasteiger partial charge in [0.05, 0.1) is 6.61 Å². The summed E-state index contributed by atoms with van der Waals surface area (Å²) in [6.45, 7) is 4.36. The molecule has 1 atom stereocenters. The Morgan fingerprint density at radius 1 is 1.33 bits per heavy atom. The van der Waals surface area contributed by atoms with E-state index in [4.69, 9.17) is 10.5 Å². The minimum atomic E-state index is 0.130. The fourth-order valence-electron chi connectivity index (χ4n) is 1.30. The number of rotatable bonds is 7. The number of aliphatic hydroxyl groups excluding tert-OH is 1. The largest absolute Gasteiger partial charge is 0.396 e. The standard InChI is InChI=1S/C10H21NO/c1-3-5-7-9(8-12)10(11)6-4-2/h9,11-12H,3-8H2,1-2H3. The van der Waals surface area contributed by atoms with Gasteiger partial charge in [-0.3, -0.25) is 0 Å². The van der Waals surface area contributed by atoms with Crippen molar-refractivity contribution >= 4 is 5.71 Å². The number of hydrogen-bond acceptors (Lipinski definition) is 2. The van der Waals surface area contributed by atoms with Crippen LogP contribution in [0.2, 0.25) is 0 Å². The highest BCUT2D eigenvalue weighted by molar-refractivity contribution is 5.83. The maximum absolute atomic E-state index is 9.01. The molecule has 12 heavy (non-hydrogen) atoms. The zero-order valence-corrected chi connectivity index (χ0v) is 8.27. The fraction of sp³-hybridized carbons (Fsp3) is 0.900. The van der Waals surface area contributed by atoms with Crippen LogP contribution in [0.1, 0.15) is 46.0 Å². The third-order valence-corrected chi connectivity index (χ3v) is 2.14. The van der Waals surface area contributed by atoms with E-state index in [0.29, 0.717) is 0 Å². The van der Waals surface area contributed by atoms with Crippen molar-refractivity contribution in [3.8, 4) is 0 Å². The van der Waals surface area contributed by atoms with E-state index in [2.05, 4.69) is 13.8 Å². The first-order chi connectivity index (χ1) is 5.76. The van der Waals surface area contributed by atoms with Crippen LogP contribution in [-0.4, -0.2) is 17.4 Å². The third-order valence-electron chi connectivity index (χ3n) is 2.14. The molecule has 0 spiro atoms. The molecule has 1 unspecified atom stereocenters. The molecule has 0 amide bonds. The maximum Gasteiger partial charge on any atom is 0.0511 e. The molecule has 72 valence electrons. The lowest BCUT2D eigenvalue weighted by Gasteiger charge is -2.14. The Balaban J connectivity index is 3.71. The molecule has 0 aliphatic heterocycles. The van der Waals surface area contributed by atoms with Crippen LogP contribution in [0.25, 0.3) is 0 Å². The minimum Gasteiger partial charge on any atom is -0.396 e. The van der Waals surface area contributed by atoms with Gasteiger partial charge in [0.2, 0.25) is 0 Å². The highest BCUT2D eigenvalue weighted by Crippen LogP contribution is 2.12. The van der Waals surface area contributed by atoms with E-state index < -0.39 is 0 Å². The summed E-state index contributed by atoms with van der Waals surface area (Å²) in [7, 11) is 0. The Hall–Kier alpha value is -0.370. The average Bonchev–Trinajstić information content (AvgIpc) is 2.06. The van der Waals surface area contributed by atoms with Gasteiger partial charge >= 0.3 is 0 Å². The van der Waals surface area contributed by atoms with Crippen LogP contribution >= 0.6 is 0 Å². The first-order valence-corrected chi connectivity index (χ1v) is 4.94. The number of aliphatic hydroxyl groups is 1. The zero-order valence-electron chi connectivity index (χ0n) is 8.27. The Kier molecular flexibility index (Phi) is 7.06. The molecule has 0 heterocycles. The van der Waals surface area contributed by atoms with Crippen molar-refractivity contribution in [1.29, 1.82) is 5.41 Å². The lowest BCUT2D eigenvalue weighted by atomic mass is 9.95. The van der Waals surface area contributed by atoms with Crippen LogP contribution in [0.15, 0.2) is 0 Å². The smallest absolute Gasteiger partial charge is 0.0511 e. The predicted octanol–water partition coefficient (Wildman–Crippen LogP) is 2.60. The van der Waals surface area contributed by atoms with Crippen LogP contribution < -0.4 is 0 Å². The molecule has 2 nitrogen and oxygen atoms in total. The van der Waals surface area contributed by atoms with Gasteiger partial charge in [-0.15, -0.1) is 0 Å². The van der Waals surface area contributed by atoms with Crippen LogP contribution in [-0.2, 0) is 0 Å². The molecular weight excluding hydrogens is 150 g/mol. The van der Waals surface area contributed by atoms with Crippen LogP contribution in [0, 0.1) is 11.3 Å². The molecule has 0 bridgehead atoms. The average molecular weight is 171 g/mol. The van der Waals surface area contributed by atoms with E-state index in [-0.39, 0.29) is 12.5 Å². The summed E-state index contributed by atoms with van der Waals surface area (Å²) in [5.41, 5.74) is 0.730. The Labute approximate surface area is 75.5 Å². The summed E-state index contributed by atoms with van der Waals surface area (Å²) in [5, 5.41) is 16.7. The summed E-state index contributed by atoms with van der Waals surface area (Å²) in [6, 6.07) is 0. The van der Waals surface area contributed by atoms with Crippen molar-refractivity contribution in [3.63, 3.8) is 0 Å². The Morgan fingerprint density at radius 2 is 2.00 bits per heavy atom. The van der Waals surface area contributed by atoms with Gasteiger partial charge in [-0.2, -0.15) is 0 Å². The molecule has 0 aromatic heterocycles. The summed E-state index contributed by atoms with van der Waals surface area (Å²) in [5.74, 6) is 0.130. The van der Waals surface area contributed by atoms with Gasteiger partial charge in [0.15, 0.2) is 0 Å². The summed E-state index contributed by atoms with van der Waals surface area (Å²) < 4.78 is 0. The van der Waals surface area contributed by atoms with Gasteiger partial charge in [-0.1, -0.05) is 33.1 Å². The van der Waals surface area contributed by atoms with Crippen molar-refractivity contribution in [2.24, 2.45) is 5.92 Å². The van der Waals surface area contributed by atoms with Gasteiger partial charge < -0.3 is 10.5 Å². The SMILES string of the molecule is CCCCC(CO)C(=N)CCC. The van der Waals surface area contributed by atoms with Gasteiger partial charge in [0.25, 0.3) is 0 Å². The third kappa shape index (κ3) is 4.50. The monoisotopic (exact) mass is 171 g/mol. The molecule has 2 heteroatoms. The van der Waals surface area contributed by atoms with Crippen LogP contribution in [0.4, 0.5) is 0 Å². The lowest BCUT2D eigenvalue weighted by Crippen LogP contribution is -2.17. The molecule has 0 saturated heterocycles. The van der Waals surface area contributed by atoms with Crippen molar-refractivity contribution in [2.75, 3.05) is 6.61 Å². The van der Waals surface area contributed by atoms with E-state index in [1.54, 1.807) is 0 Å². The highest BCUT2D eigenvalue weighted by atomic mass is 16.3. The first-order valence-electron chi connectivity index (χ1n) is 4.94. The molecule has 0 fully saturated rings. The molecule has 0 aromatic carbocycles. The fourth-order valence-corrected chi connectivity index (χ4v) is 1.30. The molecule has 0 aliphatic rings. The van der Waals surface area contributed by atoms with Gasteiger partial charge in [0, 0.05) is 11.6 Å². The zero-order chi connectivity index (χ0) is 9.40. The van der Waals surface area contributed by atoms with E-state index in [1.807, 2.05) is 0 Å². The van der Waals surface area contributed by atoms with Gasteiger partial charge in [-0.25, -0.2) is 0 Å². The topological polar surface area (TPSA) is 44.1 Å². The normalized spacial score (nSPS) is 12.9. The minimum absolute atomic E-state index is 0.130. The molecule has 2 N–H and O–H groups in total. The Morgan fingerprint density at radius 3 is 2.42 bits per heavy atom. The quantitative estimate of drug-likeness (QED) is 0.568. The maximum atomic E-state index is 9.01. The van der Waals surface area contributed by atoms with Crippen LogP contribution in [0.5, 0.6) is 0 Å². The lowest BCUT2D eigenvalue weighted by molar-refractivity contribution is 0.251. The second-order valence-corrected chi connectivity index (χ2v) is 3.30. The van der Waals surface area contributed by atoms with E-state index >= 15 is 0 Å². The molecule has 0 radical (unpaired) electrons. The molecule has 0 rings (SSSR count). The van der Waals surface area contributed by atoms with E-state index in [9.17, 15) is 0 Å². The predicted molar refractivity (Wildman–Crippen MR) is 52.7 cm³/mol. The molecule has 0 aliphatic carbocycles. The van der Waals surface area contributed by atoms with Crippen molar-refractivity contribution in [2.45, 2.75) is 46.0 Å². The first kappa shape index (κ1) is 11.6. The van der Waals surface area contributed by atoms with Crippen molar-refractivity contribution in [1.82, 2.24) is 0 Å². The van der Waals surface area contributed by atoms with Gasteiger partial charge in [-0.05, 0) is 12.8 Å². The summed E-state index contributed by atoms with van der Waals surface area (Å²) >= 11 is 0. The molecule has 0 aromatic rings. The second-order valence-electron chi connectivity index (χ2n) is 3.30. The van der Waals surface area contributed by atoms with Crippen molar-refractivity contribution in [3.05, 3.63) is 0 Å². The van der Waals surface area contributed by atoms with E-state index in [1.165, 1.54) is 0 Å². The molecule has 0 saturated carbocycles. The van der Waals surface area contributed by atoms with Crippen molar-refractivity contribution < 1.29 is 5.11 Å². The number of hydrogen-bond donors (Lipinski definition) is 2.